The maximum atomic E-state index is 13.6. The van der Waals surface area contributed by atoms with Crippen molar-refractivity contribution in [3.63, 3.8) is 0 Å². The highest BCUT2D eigenvalue weighted by atomic mass is 35.5. The Morgan fingerprint density at radius 1 is 1.00 bits per heavy atom. The molecule has 1 atom stereocenters. The molecule has 5 rings (SSSR count). The predicted octanol–water partition coefficient (Wildman–Crippen LogP) is 5.51. The van der Waals surface area contributed by atoms with Crippen LogP contribution >= 0.6 is 11.6 Å². The molecule has 6 heteroatoms. The first-order chi connectivity index (χ1) is 15.0. The third-order valence-corrected chi connectivity index (χ3v) is 5.79. The molecular weight excluding hydrogens is 414 g/mol. The average Bonchev–Trinajstić information content (AvgIpc) is 3.07. The number of carbonyl (C=O) groups excluding carboxylic acids is 1. The zero-order valence-corrected chi connectivity index (χ0v) is 17.6. The second-order valence-corrected chi connectivity index (χ2v) is 7.94. The fourth-order valence-corrected chi connectivity index (χ4v) is 4.20. The van der Waals surface area contributed by atoms with Crippen molar-refractivity contribution in [3.05, 3.63) is 104 Å². The lowest BCUT2D eigenvalue weighted by Gasteiger charge is -2.25. The van der Waals surface area contributed by atoms with Crippen molar-refractivity contribution >= 4 is 34.2 Å². The molecule has 0 aliphatic carbocycles. The minimum atomic E-state index is -0.645. The average molecular weight is 432 g/mol. The summed E-state index contributed by atoms with van der Waals surface area (Å²) in [4.78, 5) is 28.7. The fourth-order valence-electron chi connectivity index (χ4n) is 4.07. The molecule has 2 heterocycles. The van der Waals surface area contributed by atoms with Gasteiger partial charge in [0.1, 0.15) is 11.3 Å². The summed E-state index contributed by atoms with van der Waals surface area (Å²) in [5.74, 6) is 0.295. The van der Waals surface area contributed by atoms with Gasteiger partial charge in [-0.25, -0.2) is 0 Å². The van der Waals surface area contributed by atoms with E-state index in [0.717, 1.165) is 11.1 Å². The summed E-state index contributed by atoms with van der Waals surface area (Å²) in [7, 11) is 1.57. The maximum absolute atomic E-state index is 13.6. The van der Waals surface area contributed by atoms with Crippen molar-refractivity contribution in [2.24, 2.45) is 0 Å². The lowest BCUT2D eigenvalue weighted by molar-refractivity contribution is 0.0971. The van der Waals surface area contributed by atoms with E-state index in [-0.39, 0.29) is 17.1 Å². The smallest absolute Gasteiger partial charge is 0.295 e. The van der Waals surface area contributed by atoms with Crippen LogP contribution in [-0.4, -0.2) is 13.0 Å². The van der Waals surface area contributed by atoms with E-state index in [1.54, 1.807) is 54.5 Å². The molecular formula is C25H18ClNO4. The molecule has 0 fully saturated rings. The van der Waals surface area contributed by atoms with Crippen LogP contribution < -0.4 is 15.1 Å². The molecule has 0 N–H and O–H groups in total. The summed E-state index contributed by atoms with van der Waals surface area (Å²) in [5.41, 5.74) is 2.82. The number of anilines is 1. The molecule has 31 heavy (non-hydrogen) atoms. The first kappa shape index (κ1) is 19.4. The molecule has 1 unspecified atom stereocenters. The predicted molar refractivity (Wildman–Crippen MR) is 120 cm³/mol. The van der Waals surface area contributed by atoms with E-state index in [0.29, 0.717) is 33.0 Å². The molecule has 1 amide bonds. The largest absolute Gasteiger partial charge is 0.497 e. The number of methoxy groups -OCH3 is 1. The van der Waals surface area contributed by atoms with Gasteiger partial charge in [-0.05, 0) is 48.9 Å². The van der Waals surface area contributed by atoms with Gasteiger partial charge < -0.3 is 9.15 Å². The van der Waals surface area contributed by atoms with E-state index in [2.05, 4.69) is 0 Å². The number of amides is 1. The van der Waals surface area contributed by atoms with Crippen LogP contribution in [0.1, 0.15) is 33.3 Å². The van der Waals surface area contributed by atoms with Crippen molar-refractivity contribution in [2.45, 2.75) is 13.0 Å². The van der Waals surface area contributed by atoms with Crippen molar-refractivity contribution in [2.75, 3.05) is 12.0 Å². The third-order valence-electron chi connectivity index (χ3n) is 5.54. The van der Waals surface area contributed by atoms with Crippen molar-refractivity contribution < 1.29 is 13.9 Å². The number of carbonyl (C=O) groups is 1. The molecule has 0 spiro atoms. The maximum Gasteiger partial charge on any atom is 0.295 e. The summed E-state index contributed by atoms with van der Waals surface area (Å²) in [6, 6.07) is 19.0. The Morgan fingerprint density at radius 2 is 1.77 bits per heavy atom. The summed E-state index contributed by atoms with van der Waals surface area (Å²) in [5, 5.41) is 1.03. The van der Waals surface area contributed by atoms with E-state index in [4.69, 9.17) is 20.8 Å². The number of hydrogen-bond donors (Lipinski definition) is 0. The molecule has 0 saturated heterocycles. The zero-order chi connectivity index (χ0) is 21.7. The van der Waals surface area contributed by atoms with Crippen LogP contribution in [0.5, 0.6) is 5.75 Å². The quantitative estimate of drug-likeness (QED) is 0.429. The first-order valence-corrected chi connectivity index (χ1v) is 10.2. The number of ether oxygens (including phenoxy) is 1. The van der Waals surface area contributed by atoms with Crippen LogP contribution in [0.3, 0.4) is 0 Å². The summed E-state index contributed by atoms with van der Waals surface area (Å²) in [6.07, 6.45) is 0. The molecule has 0 radical (unpaired) electrons. The van der Waals surface area contributed by atoms with Gasteiger partial charge in [-0.15, -0.1) is 0 Å². The van der Waals surface area contributed by atoms with Crippen LogP contribution in [-0.2, 0) is 0 Å². The van der Waals surface area contributed by atoms with Crippen molar-refractivity contribution in [3.8, 4) is 5.75 Å². The molecule has 154 valence electrons. The highest BCUT2D eigenvalue weighted by molar-refractivity contribution is 6.30. The molecule has 0 bridgehead atoms. The van der Waals surface area contributed by atoms with Crippen LogP contribution in [0, 0.1) is 6.92 Å². The lowest BCUT2D eigenvalue weighted by Crippen LogP contribution is -2.29. The van der Waals surface area contributed by atoms with E-state index < -0.39 is 6.04 Å². The Balaban J connectivity index is 1.81. The molecule has 1 aliphatic rings. The van der Waals surface area contributed by atoms with Gasteiger partial charge in [0, 0.05) is 16.8 Å². The first-order valence-electron chi connectivity index (χ1n) is 9.78. The normalized spacial score (nSPS) is 15.4. The summed E-state index contributed by atoms with van der Waals surface area (Å²) in [6.45, 7) is 1.91. The highest BCUT2D eigenvalue weighted by Crippen LogP contribution is 2.42. The molecule has 1 aliphatic heterocycles. The van der Waals surface area contributed by atoms with Crippen molar-refractivity contribution in [1.29, 1.82) is 0 Å². The monoisotopic (exact) mass is 431 g/mol. The number of fused-ring (bicyclic) bond motifs is 2. The highest BCUT2D eigenvalue weighted by Gasteiger charge is 2.43. The molecule has 3 aromatic carbocycles. The van der Waals surface area contributed by atoms with Crippen molar-refractivity contribution in [1.82, 2.24) is 0 Å². The van der Waals surface area contributed by atoms with E-state index in [1.165, 1.54) is 0 Å². The number of hydrogen-bond acceptors (Lipinski definition) is 4. The Bertz CT molecular complexity index is 1390. The Labute approximate surface area is 183 Å². The molecule has 0 saturated carbocycles. The van der Waals surface area contributed by atoms with Gasteiger partial charge in [0.2, 0.25) is 5.76 Å². The van der Waals surface area contributed by atoms with Gasteiger partial charge >= 0.3 is 0 Å². The van der Waals surface area contributed by atoms with Gasteiger partial charge in [-0.1, -0.05) is 41.4 Å². The lowest BCUT2D eigenvalue weighted by atomic mass is 9.98. The van der Waals surface area contributed by atoms with Gasteiger partial charge in [0.25, 0.3) is 5.91 Å². The van der Waals surface area contributed by atoms with E-state index in [9.17, 15) is 9.59 Å². The van der Waals surface area contributed by atoms with E-state index >= 15 is 0 Å². The van der Waals surface area contributed by atoms with Gasteiger partial charge in [-0.3, -0.25) is 14.5 Å². The zero-order valence-electron chi connectivity index (χ0n) is 16.9. The number of nitrogens with zero attached hydrogens (tertiary/aromatic N) is 1. The van der Waals surface area contributed by atoms with Gasteiger partial charge in [-0.2, -0.15) is 0 Å². The topological polar surface area (TPSA) is 59.8 Å². The van der Waals surface area contributed by atoms with Crippen LogP contribution in [0.25, 0.3) is 11.0 Å². The number of rotatable bonds is 3. The molecule has 5 nitrogen and oxygen atoms in total. The van der Waals surface area contributed by atoms with Crippen LogP contribution in [0.2, 0.25) is 5.02 Å². The molecule has 1 aromatic heterocycles. The summed E-state index contributed by atoms with van der Waals surface area (Å²) < 4.78 is 11.3. The Hall–Kier alpha value is -3.57. The standard InChI is InChI=1S/C25H18ClNO4/c1-14-6-11-20-19(12-14)23(28)21-22(15-7-9-16(26)10-8-15)27(25(29)24(21)31-20)17-4-3-5-18(13-17)30-2/h3-13,22H,1-2H3. The second kappa shape index (κ2) is 7.29. The van der Waals surface area contributed by atoms with Crippen LogP contribution in [0.15, 0.2) is 75.9 Å². The van der Waals surface area contributed by atoms with Gasteiger partial charge in [0.05, 0.1) is 24.1 Å². The van der Waals surface area contributed by atoms with E-state index in [1.807, 2.05) is 31.2 Å². The Morgan fingerprint density at radius 3 is 2.52 bits per heavy atom. The third kappa shape index (κ3) is 3.09. The SMILES string of the molecule is COc1cccc(N2C(=O)c3oc4ccc(C)cc4c(=O)c3C2c2ccc(Cl)cc2)c1. The minimum Gasteiger partial charge on any atom is -0.497 e. The number of benzene rings is 3. The van der Waals surface area contributed by atoms with Gasteiger partial charge in [0.15, 0.2) is 5.43 Å². The van der Waals surface area contributed by atoms with Crippen LogP contribution in [0.4, 0.5) is 5.69 Å². The number of aryl methyl sites for hydroxylation is 1. The fraction of sp³-hybridized carbons (Fsp3) is 0.120. The Kier molecular flexibility index (Phi) is 4.56. The number of halogens is 1. The minimum absolute atomic E-state index is 0.0594. The molecule has 4 aromatic rings. The summed E-state index contributed by atoms with van der Waals surface area (Å²) >= 11 is 6.09. The second-order valence-electron chi connectivity index (χ2n) is 7.50.